The highest BCUT2D eigenvalue weighted by molar-refractivity contribution is 7.58. The molecule has 0 radical (unpaired) electrons. The summed E-state index contributed by atoms with van der Waals surface area (Å²) in [5.74, 6) is -0.423. The lowest BCUT2D eigenvalue weighted by Gasteiger charge is -2.26. The van der Waals surface area contributed by atoms with E-state index in [1.807, 2.05) is 0 Å². The third-order valence-corrected chi connectivity index (χ3v) is 4.55. The van der Waals surface area contributed by atoms with Gasteiger partial charge >= 0.3 is 0 Å². The van der Waals surface area contributed by atoms with E-state index in [0.717, 1.165) is 19.3 Å². The van der Waals surface area contributed by atoms with Gasteiger partial charge in [-0.1, -0.05) is 0 Å². The van der Waals surface area contributed by atoms with Crippen LogP contribution in [-0.2, 0) is 9.30 Å². The first-order valence-electron chi connectivity index (χ1n) is 4.80. The zero-order valence-corrected chi connectivity index (χ0v) is 8.71. The summed E-state index contributed by atoms with van der Waals surface area (Å²) in [4.78, 5) is 9.65. The summed E-state index contributed by atoms with van der Waals surface area (Å²) in [7, 11) is -3.09. The molecule has 1 saturated heterocycles. The number of nitrogens with two attached hydrogens (primary N) is 1. The molecule has 0 spiro atoms. The minimum Gasteiger partial charge on any atom is -0.368 e. The van der Waals surface area contributed by atoms with Crippen molar-refractivity contribution in [1.29, 1.82) is 0 Å². The summed E-state index contributed by atoms with van der Waals surface area (Å²) < 4.78 is 17.0. The fraction of sp³-hybridized carbons (Fsp3) is 1.00. The summed E-state index contributed by atoms with van der Waals surface area (Å²) in [6.07, 6.45) is 3.63. The van der Waals surface area contributed by atoms with Crippen molar-refractivity contribution < 1.29 is 14.2 Å². The van der Waals surface area contributed by atoms with Gasteiger partial charge in [-0.15, -0.1) is 0 Å². The van der Waals surface area contributed by atoms with Gasteiger partial charge in [0.1, 0.15) is 5.85 Å². The molecule has 0 bridgehead atoms. The molecule has 5 heteroatoms. The average molecular weight is 207 g/mol. The van der Waals surface area contributed by atoms with Gasteiger partial charge in [0.25, 0.3) is 0 Å². The van der Waals surface area contributed by atoms with Gasteiger partial charge in [0.15, 0.2) is 0 Å². The molecular weight excluding hydrogens is 189 g/mol. The van der Waals surface area contributed by atoms with Crippen LogP contribution in [0.25, 0.3) is 0 Å². The third-order valence-electron chi connectivity index (χ3n) is 2.29. The van der Waals surface area contributed by atoms with E-state index in [2.05, 4.69) is 0 Å². The second-order valence-electron chi connectivity index (χ2n) is 3.44. The van der Waals surface area contributed by atoms with E-state index in [4.69, 9.17) is 10.5 Å². The molecule has 1 aliphatic rings. The van der Waals surface area contributed by atoms with Crippen LogP contribution >= 0.6 is 7.37 Å². The molecule has 0 aromatic carbocycles. The van der Waals surface area contributed by atoms with Gasteiger partial charge in [-0.3, -0.25) is 4.57 Å². The van der Waals surface area contributed by atoms with E-state index in [1.165, 1.54) is 0 Å². The van der Waals surface area contributed by atoms with Crippen molar-refractivity contribution in [1.82, 2.24) is 0 Å². The lowest BCUT2D eigenvalue weighted by molar-refractivity contribution is 0.0583. The van der Waals surface area contributed by atoms with Crippen LogP contribution in [0.2, 0.25) is 0 Å². The van der Waals surface area contributed by atoms with Gasteiger partial charge in [0.05, 0.1) is 0 Å². The van der Waals surface area contributed by atoms with Crippen molar-refractivity contribution >= 4 is 7.37 Å². The minimum absolute atomic E-state index is 0.300. The van der Waals surface area contributed by atoms with Gasteiger partial charge < -0.3 is 15.4 Å². The molecular formula is C8H18NO3P. The third kappa shape index (κ3) is 3.39. The lowest BCUT2D eigenvalue weighted by Crippen LogP contribution is -2.21. The Labute approximate surface area is 78.9 Å². The highest BCUT2D eigenvalue weighted by Gasteiger charge is 2.32. The molecule has 13 heavy (non-hydrogen) atoms. The lowest BCUT2D eigenvalue weighted by atomic mass is 10.2. The van der Waals surface area contributed by atoms with Gasteiger partial charge in [-0.25, -0.2) is 0 Å². The summed E-state index contributed by atoms with van der Waals surface area (Å²) in [5.41, 5.74) is 5.29. The molecule has 4 nitrogen and oxygen atoms in total. The van der Waals surface area contributed by atoms with E-state index in [1.54, 1.807) is 0 Å². The summed E-state index contributed by atoms with van der Waals surface area (Å²) in [6, 6.07) is 0. The first-order chi connectivity index (χ1) is 6.17. The zero-order valence-electron chi connectivity index (χ0n) is 7.82. The fourth-order valence-corrected chi connectivity index (χ4v) is 3.35. The van der Waals surface area contributed by atoms with Crippen LogP contribution in [-0.4, -0.2) is 30.1 Å². The summed E-state index contributed by atoms with van der Waals surface area (Å²) >= 11 is 0. The first-order valence-corrected chi connectivity index (χ1v) is 6.71. The predicted octanol–water partition coefficient (Wildman–Crippen LogP) is 1.13. The Morgan fingerprint density at radius 3 is 2.85 bits per heavy atom. The molecule has 2 unspecified atom stereocenters. The fourth-order valence-electron chi connectivity index (χ4n) is 1.50. The van der Waals surface area contributed by atoms with Crippen LogP contribution in [0.5, 0.6) is 0 Å². The van der Waals surface area contributed by atoms with Crippen molar-refractivity contribution in [2.75, 3.05) is 19.3 Å². The first kappa shape index (κ1) is 11.2. The smallest absolute Gasteiger partial charge is 0.228 e. The van der Waals surface area contributed by atoms with Crippen LogP contribution in [0.4, 0.5) is 0 Å². The van der Waals surface area contributed by atoms with E-state index < -0.39 is 13.2 Å². The normalized spacial score (nSPS) is 28.3. The quantitative estimate of drug-likeness (QED) is 0.678. The summed E-state index contributed by atoms with van der Waals surface area (Å²) in [5, 5.41) is 0. The predicted molar refractivity (Wildman–Crippen MR) is 52.0 cm³/mol. The van der Waals surface area contributed by atoms with Gasteiger partial charge in [-0.2, -0.15) is 0 Å². The monoisotopic (exact) mass is 207 g/mol. The number of hydrogen-bond acceptors (Lipinski definition) is 3. The molecule has 0 aromatic rings. The average Bonchev–Trinajstić information content (AvgIpc) is 2.16. The van der Waals surface area contributed by atoms with Crippen molar-refractivity contribution in [3.8, 4) is 0 Å². The molecule has 1 fully saturated rings. The molecule has 0 aromatic heterocycles. The molecule has 1 rings (SSSR count). The van der Waals surface area contributed by atoms with Crippen LogP contribution in [0.1, 0.15) is 25.7 Å². The SMILES string of the molecule is NCCCP(=O)(O)C1CCCCO1. The van der Waals surface area contributed by atoms with Crippen LogP contribution in [0.3, 0.4) is 0 Å². The number of hydrogen-bond donors (Lipinski definition) is 2. The highest BCUT2D eigenvalue weighted by atomic mass is 31.2. The highest BCUT2D eigenvalue weighted by Crippen LogP contribution is 2.50. The van der Waals surface area contributed by atoms with Crippen molar-refractivity contribution in [3.05, 3.63) is 0 Å². The molecule has 1 heterocycles. The molecule has 0 aliphatic carbocycles. The molecule has 2 atom stereocenters. The molecule has 78 valence electrons. The topological polar surface area (TPSA) is 72.6 Å². The van der Waals surface area contributed by atoms with Crippen LogP contribution in [0.15, 0.2) is 0 Å². The Balaban J connectivity index is 2.41. The standard InChI is InChI=1S/C8H18NO3P/c9-5-3-7-13(10,11)8-4-1-2-6-12-8/h8H,1-7,9H2,(H,10,11). The van der Waals surface area contributed by atoms with Crippen molar-refractivity contribution in [3.63, 3.8) is 0 Å². The molecule has 0 amide bonds. The van der Waals surface area contributed by atoms with E-state index in [0.29, 0.717) is 25.7 Å². The van der Waals surface area contributed by atoms with Gasteiger partial charge in [-0.05, 0) is 32.2 Å². The molecule has 0 saturated carbocycles. The Morgan fingerprint density at radius 2 is 2.31 bits per heavy atom. The van der Waals surface area contributed by atoms with E-state index in [9.17, 15) is 9.46 Å². The molecule has 3 N–H and O–H groups in total. The maximum absolute atomic E-state index is 11.7. The molecule has 1 aliphatic heterocycles. The van der Waals surface area contributed by atoms with Crippen molar-refractivity contribution in [2.24, 2.45) is 5.73 Å². The van der Waals surface area contributed by atoms with E-state index >= 15 is 0 Å². The van der Waals surface area contributed by atoms with E-state index in [-0.39, 0.29) is 0 Å². The largest absolute Gasteiger partial charge is 0.368 e. The maximum Gasteiger partial charge on any atom is 0.228 e. The maximum atomic E-state index is 11.7. The Morgan fingerprint density at radius 1 is 1.54 bits per heavy atom. The van der Waals surface area contributed by atoms with Gasteiger partial charge in [0.2, 0.25) is 7.37 Å². The Hall–Kier alpha value is 0.110. The number of rotatable bonds is 4. The Kier molecular flexibility index (Phi) is 4.39. The van der Waals surface area contributed by atoms with Gasteiger partial charge in [0, 0.05) is 12.8 Å². The zero-order chi connectivity index (χ0) is 9.73. The Bertz CT molecular complexity index is 192. The number of ether oxygens (including phenoxy) is 1. The van der Waals surface area contributed by atoms with Crippen LogP contribution < -0.4 is 5.73 Å². The summed E-state index contributed by atoms with van der Waals surface area (Å²) in [6.45, 7) is 1.09. The minimum atomic E-state index is -3.09. The second-order valence-corrected chi connectivity index (χ2v) is 5.98. The van der Waals surface area contributed by atoms with Crippen molar-refractivity contribution in [2.45, 2.75) is 31.5 Å². The van der Waals surface area contributed by atoms with Crippen LogP contribution in [0, 0.1) is 0 Å². The second kappa shape index (κ2) is 5.11.